The summed E-state index contributed by atoms with van der Waals surface area (Å²) in [6.07, 6.45) is 4.68. The van der Waals surface area contributed by atoms with Crippen molar-refractivity contribution in [3.8, 4) is 10.7 Å². The van der Waals surface area contributed by atoms with E-state index in [-0.39, 0.29) is 5.69 Å². The molecule has 2 heterocycles. The summed E-state index contributed by atoms with van der Waals surface area (Å²) in [7, 11) is 1.26. The molecule has 0 fully saturated rings. The molecule has 104 valence electrons. The number of nitrogens with one attached hydrogen (secondary N) is 1. The maximum absolute atomic E-state index is 11.9. The molecule has 0 aromatic carbocycles. The highest BCUT2D eigenvalue weighted by molar-refractivity contribution is 7.13. The van der Waals surface area contributed by atoms with Crippen molar-refractivity contribution in [3.05, 3.63) is 29.7 Å². The van der Waals surface area contributed by atoms with Crippen molar-refractivity contribution in [1.82, 2.24) is 20.3 Å². The Morgan fingerprint density at radius 2 is 2.20 bits per heavy atom. The van der Waals surface area contributed by atoms with Gasteiger partial charge in [-0.05, 0) is 6.92 Å². The average Bonchev–Trinajstić information content (AvgIpc) is 2.97. The molecule has 2 aromatic heterocycles. The molecular weight excluding hydrogens is 280 g/mol. The number of carbonyl (C=O) groups is 2. The van der Waals surface area contributed by atoms with E-state index in [0.29, 0.717) is 10.7 Å². The van der Waals surface area contributed by atoms with Crippen LogP contribution in [0.3, 0.4) is 0 Å². The zero-order valence-electron chi connectivity index (χ0n) is 10.9. The van der Waals surface area contributed by atoms with Gasteiger partial charge in [-0.15, -0.1) is 11.3 Å². The topological polar surface area (TPSA) is 94.1 Å². The molecule has 0 bridgehead atoms. The van der Waals surface area contributed by atoms with Gasteiger partial charge in [0.05, 0.1) is 13.3 Å². The van der Waals surface area contributed by atoms with Crippen LogP contribution in [-0.4, -0.2) is 40.0 Å². The van der Waals surface area contributed by atoms with Crippen molar-refractivity contribution in [2.24, 2.45) is 0 Å². The fraction of sp³-hybridized carbons (Fsp3) is 0.250. The lowest BCUT2D eigenvalue weighted by Crippen LogP contribution is -2.39. The van der Waals surface area contributed by atoms with Gasteiger partial charge < -0.3 is 10.1 Å². The van der Waals surface area contributed by atoms with Crippen LogP contribution in [0.1, 0.15) is 17.4 Å². The van der Waals surface area contributed by atoms with E-state index in [1.165, 1.54) is 18.4 Å². The predicted molar refractivity (Wildman–Crippen MR) is 72.1 cm³/mol. The highest BCUT2D eigenvalue weighted by Crippen LogP contribution is 2.20. The predicted octanol–water partition coefficient (Wildman–Crippen LogP) is 0.891. The van der Waals surface area contributed by atoms with Gasteiger partial charge in [-0.2, -0.15) is 0 Å². The van der Waals surface area contributed by atoms with Crippen LogP contribution >= 0.6 is 11.3 Å². The summed E-state index contributed by atoms with van der Waals surface area (Å²) in [5, 5.41) is 4.70. The van der Waals surface area contributed by atoms with E-state index in [2.05, 4.69) is 25.0 Å². The van der Waals surface area contributed by atoms with Crippen molar-refractivity contribution < 1.29 is 14.3 Å². The van der Waals surface area contributed by atoms with E-state index in [0.717, 1.165) is 0 Å². The van der Waals surface area contributed by atoms with E-state index in [4.69, 9.17) is 0 Å². The summed E-state index contributed by atoms with van der Waals surface area (Å²) in [6.45, 7) is 1.54. The van der Waals surface area contributed by atoms with Crippen LogP contribution in [-0.2, 0) is 9.53 Å². The number of rotatable bonds is 4. The number of nitrogens with zero attached hydrogens (tertiary/aromatic N) is 3. The number of methoxy groups -OCH3 is 1. The molecule has 0 aliphatic rings. The lowest BCUT2D eigenvalue weighted by molar-refractivity contribution is -0.142. The minimum atomic E-state index is -0.728. The lowest BCUT2D eigenvalue weighted by Gasteiger charge is -2.09. The molecule has 1 N–H and O–H groups in total. The molecular formula is C12H12N4O3S. The Balaban J connectivity index is 2.09. The van der Waals surface area contributed by atoms with Crippen LogP contribution in [0.5, 0.6) is 0 Å². The van der Waals surface area contributed by atoms with Crippen LogP contribution < -0.4 is 5.32 Å². The third kappa shape index (κ3) is 3.15. The molecule has 2 aromatic rings. The third-order valence-electron chi connectivity index (χ3n) is 2.42. The Bertz CT molecular complexity index is 614. The van der Waals surface area contributed by atoms with Gasteiger partial charge in [0.25, 0.3) is 5.91 Å². The maximum Gasteiger partial charge on any atom is 0.328 e. The van der Waals surface area contributed by atoms with E-state index in [9.17, 15) is 9.59 Å². The number of carbonyl (C=O) groups excluding carboxylic acids is 2. The molecule has 20 heavy (non-hydrogen) atoms. The Kier molecular flexibility index (Phi) is 4.36. The Hall–Kier alpha value is -2.35. The van der Waals surface area contributed by atoms with Crippen molar-refractivity contribution in [3.63, 3.8) is 0 Å². The molecule has 0 spiro atoms. The van der Waals surface area contributed by atoms with Gasteiger partial charge in [0.15, 0.2) is 0 Å². The second-order valence-electron chi connectivity index (χ2n) is 3.85. The summed E-state index contributed by atoms with van der Waals surface area (Å²) >= 11 is 1.28. The van der Waals surface area contributed by atoms with Gasteiger partial charge in [0.2, 0.25) is 0 Å². The molecule has 0 saturated carbocycles. The zero-order valence-corrected chi connectivity index (χ0v) is 11.7. The van der Waals surface area contributed by atoms with Crippen LogP contribution in [0.2, 0.25) is 0 Å². The largest absolute Gasteiger partial charge is 0.467 e. The molecule has 1 atom stereocenters. The quantitative estimate of drug-likeness (QED) is 0.841. The first-order valence-electron chi connectivity index (χ1n) is 5.72. The number of hydrogen-bond donors (Lipinski definition) is 1. The molecule has 0 aliphatic heterocycles. The van der Waals surface area contributed by atoms with Gasteiger partial charge in [-0.25, -0.2) is 9.78 Å². The van der Waals surface area contributed by atoms with Gasteiger partial charge in [-0.3, -0.25) is 14.8 Å². The van der Waals surface area contributed by atoms with E-state index in [1.807, 2.05) is 0 Å². The van der Waals surface area contributed by atoms with E-state index in [1.54, 1.807) is 30.9 Å². The summed E-state index contributed by atoms with van der Waals surface area (Å²) in [4.78, 5) is 35.4. The molecule has 0 saturated heterocycles. The lowest BCUT2D eigenvalue weighted by atomic mass is 10.3. The van der Waals surface area contributed by atoms with Gasteiger partial charge in [0, 0.05) is 17.8 Å². The fourth-order valence-corrected chi connectivity index (χ4v) is 2.17. The smallest absolute Gasteiger partial charge is 0.328 e. The summed E-state index contributed by atoms with van der Waals surface area (Å²) in [6, 6.07) is -0.728. The standard InChI is InChI=1S/C12H12N4O3S/c1-7(12(18)19-2)15-10(17)9-6-20-11(16-9)8-5-13-3-4-14-8/h3-7H,1-2H3,(H,15,17)/t7-/m0/s1. The van der Waals surface area contributed by atoms with Crippen molar-refractivity contribution in [2.75, 3.05) is 7.11 Å². The van der Waals surface area contributed by atoms with Gasteiger partial charge >= 0.3 is 5.97 Å². The first-order chi connectivity index (χ1) is 9.61. The van der Waals surface area contributed by atoms with Crippen LogP contribution in [0, 0.1) is 0 Å². The molecule has 0 unspecified atom stereocenters. The van der Waals surface area contributed by atoms with Crippen molar-refractivity contribution in [2.45, 2.75) is 13.0 Å². The normalized spacial score (nSPS) is 11.7. The number of hydrogen-bond acceptors (Lipinski definition) is 7. The Morgan fingerprint density at radius 3 is 2.85 bits per heavy atom. The second-order valence-corrected chi connectivity index (χ2v) is 4.70. The average molecular weight is 292 g/mol. The van der Waals surface area contributed by atoms with Gasteiger partial charge in [-0.1, -0.05) is 0 Å². The highest BCUT2D eigenvalue weighted by Gasteiger charge is 2.19. The number of thiazole rings is 1. The highest BCUT2D eigenvalue weighted by atomic mass is 32.1. The summed E-state index contributed by atoms with van der Waals surface area (Å²) < 4.78 is 4.53. The van der Waals surface area contributed by atoms with Crippen LogP contribution in [0.4, 0.5) is 0 Å². The molecule has 2 rings (SSSR count). The first-order valence-corrected chi connectivity index (χ1v) is 6.60. The minimum Gasteiger partial charge on any atom is -0.467 e. The minimum absolute atomic E-state index is 0.228. The van der Waals surface area contributed by atoms with E-state index < -0.39 is 17.9 Å². The zero-order chi connectivity index (χ0) is 14.5. The maximum atomic E-state index is 11.9. The molecule has 0 radical (unpaired) electrons. The SMILES string of the molecule is COC(=O)[C@H](C)NC(=O)c1csc(-c2cnccn2)n1. The van der Waals surface area contributed by atoms with Crippen LogP contribution in [0.25, 0.3) is 10.7 Å². The molecule has 1 amide bonds. The number of ether oxygens (including phenoxy) is 1. The van der Waals surface area contributed by atoms with Crippen molar-refractivity contribution >= 4 is 23.2 Å². The van der Waals surface area contributed by atoms with E-state index >= 15 is 0 Å². The first kappa shape index (κ1) is 14.1. The number of esters is 1. The van der Waals surface area contributed by atoms with Gasteiger partial charge in [0.1, 0.15) is 22.4 Å². The van der Waals surface area contributed by atoms with Crippen molar-refractivity contribution in [1.29, 1.82) is 0 Å². The molecule has 8 heteroatoms. The fourth-order valence-electron chi connectivity index (χ4n) is 1.41. The Labute approximate surface area is 119 Å². The summed E-state index contributed by atoms with van der Waals surface area (Å²) in [5.41, 5.74) is 0.823. The van der Waals surface area contributed by atoms with Crippen LogP contribution in [0.15, 0.2) is 24.0 Å². The monoisotopic (exact) mass is 292 g/mol. The third-order valence-corrected chi connectivity index (χ3v) is 3.29. The second kappa shape index (κ2) is 6.20. The molecule has 0 aliphatic carbocycles. The molecule has 7 nitrogen and oxygen atoms in total. The Morgan fingerprint density at radius 1 is 1.40 bits per heavy atom. The summed E-state index contributed by atoms with van der Waals surface area (Å²) in [5.74, 6) is -0.947. The number of amides is 1. The number of aromatic nitrogens is 3.